The van der Waals surface area contributed by atoms with Gasteiger partial charge in [0.1, 0.15) is 12.1 Å². The fourth-order valence-electron chi connectivity index (χ4n) is 8.97. The molecule has 1 aliphatic rings. The van der Waals surface area contributed by atoms with Crippen LogP contribution in [-0.4, -0.2) is 134 Å². The summed E-state index contributed by atoms with van der Waals surface area (Å²) in [4.78, 5) is 86.7. The van der Waals surface area contributed by atoms with E-state index in [9.17, 15) is 28.8 Å². The molecular weight excluding hydrogens is 803 g/mol. The van der Waals surface area contributed by atoms with Crippen LogP contribution in [0.5, 0.6) is 0 Å². The largest absolute Gasteiger partial charge is 0.452 e. The Morgan fingerprint density at radius 2 is 1.40 bits per heavy atom. The summed E-state index contributed by atoms with van der Waals surface area (Å²) >= 11 is 0. The fraction of sp³-hybridized carbons (Fsp3) is 0.633. The number of hydrogen-bond donors (Lipinski definition) is 2. The van der Waals surface area contributed by atoms with Crippen LogP contribution in [0.2, 0.25) is 0 Å². The number of likely N-dealkylation sites (N-methyl/N-ethyl adjacent to an activating group) is 2. The topological polar surface area (TPSA) is 164 Å². The Morgan fingerprint density at radius 3 is 1.90 bits per heavy atom. The van der Waals surface area contributed by atoms with Crippen molar-refractivity contribution in [2.24, 2.45) is 23.7 Å². The highest BCUT2D eigenvalue weighted by Crippen LogP contribution is 2.31. The van der Waals surface area contributed by atoms with Gasteiger partial charge in [-0.05, 0) is 76.2 Å². The molecule has 0 aromatic heterocycles. The molecule has 63 heavy (non-hydrogen) atoms. The third-order valence-corrected chi connectivity index (χ3v) is 12.7. The van der Waals surface area contributed by atoms with E-state index in [4.69, 9.17) is 14.2 Å². The van der Waals surface area contributed by atoms with Crippen LogP contribution >= 0.6 is 0 Å². The van der Waals surface area contributed by atoms with Gasteiger partial charge < -0.3 is 34.6 Å². The number of ether oxygens (including phenoxy) is 3. The number of nitrogens with zero attached hydrogens (tertiary/aromatic N) is 3. The van der Waals surface area contributed by atoms with E-state index in [0.29, 0.717) is 36.9 Å². The molecule has 2 N–H and O–H groups in total. The van der Waals surface area contributed by atoms with Crippen LogP contribution < -0.4 is 10.6 Å². The van der Waals surface area contributed by atoms with E-state index in [2.05, 4.69) is 10.6 Å². The number of Topliss-reactive ketones (excluding diaryl/α,β-unsaturated/α-hetero) is 1. The number of ketones is 1. The first-order valence-corrected chi connectivity index (χ1v) is 22.5. The number of methoxy groups -OCH3 is 2. The maximum atomic E-state index is 14.4. The molecule has 3 rings (SSSR count). The Labute approximate surface area is 376 Å². The van der Waals surface area contributed by atoms with E-state index in [0.717, 1.165) is 0 Å². The van der Waals surface area contributed by atoms with Gasteiger partial charge >= 0.3 is 5.97 Å². The van der Waals surface area contributed by atoms with Crippen LogP contribution in [0.4, 0.5) is 0 Å². The van der Waals surface area contributed by atoms with Crippen molar-refractivity contribution in [2.45, 2.75) is 137 Å². The molecule has 3 unspecified atom stereocenters. The second-order valence-corrected chi connectivity index (χ2v) is 18.1. The lowest BCUT2D eigenvalue weighted by atomic mass is 9.89. The Balaban J connectivity index is 1.80. The van der Waals surface area contributed by atoms with Gasteiger partial charge in [0.15, 0.2) is 5.78 Å². The third-order valence-electron chi connectivity index (χ3n) is 12.7. The minimum absolute atomic E-state index is 0.00989. The van der Waals surface area contributed by atoms with Crippen molar-refractivity contribution in [2.75, 3.05) is 41.9 Å². The average Bonchev–Trinajstić information content (AvgIpc) is 3.73. The fourth-order valence-corrected chi connectivity index (χ4v) is 8.97. The molecule has 10 atom stereocenters. The van der Waals surface area contributed by atoms with Gasteiger partial charge in [0.05, 0.1) is 54.3 Å². The van der Waals surface area contributed by atoms with E-state index >= 15 is 0 Å². The van der Waals surface area contributed by atoms with Gasteiger partial charge in [0.2, 0.25) is 23.6 Å². The zero-order chi connectivity index (χ0) is 47.3. The molecule has 2 aromatic rings. The lowest BCUT2D eigenvalue weighted by Crippen LogP contribution is -2.59. The molecule has 1 aliphatic heterocycles. The number of amides is 4. The monoisotopic (exact) mass is 878 g/mol. The van der Waals surface area contributed by atoms with Crippen molar-refractivity contribution in [1.29, 1.82) is 0 Å². The number of rotatable bonds is 23. The SMILES string of the molecule is CC[C@H](C)C([C@@H](CC(=O)N1CCC[C@H]1[C@H](OC)C(C)C(=O)N[C@H](C)C(OC(=O)c1ccc(C(C)=O)cc1)c1ccccc1)OC)N(C)C(=O)[C@@H](NC(=O)[C@H](C(C)C)N(C)C)C(C)C. The quantitative estimate of drug-likeness (QED) is 0.101. The van der Waals surface area contributed by atoms with Crippen molar-refractivity contribution >= 4 is 35.4 Å². The number of benzene rings is 2. The summed E-state index contributed by atoms with van der Waals surface area (Å²) in [5, 5.41) is 6.09. The zero-order valence-corrected chi connectivity index (χ0v) is 40.2. The lowest BCUT2D eigenvalue weighted by molar-refractivity contribution is -0.148. The van der Waals surface area contributed by atoms with Gasteiger partial charge in [-0.1, -0.05) is 97.4 Å². The molecule has 0 bridgehead atoms. The van der Waals surface area contributed by atoms with Crippen LogP contribution in [0.3, 0.4) is 0 Å². The highest BCUT2D eigenvalue weighted by molar-refractivity contribution is 5.96. The second-order valence-electron chi connectivity index (χ2n) is 18.1. The molecule has 14 nitrogen and oxygen atoms in total. The summed E-state index contributed by atoms with van der Waals surface area (Å²) in [6, 6.07) is 12.6. The zero-order valence-electron chi connectivity index (χ0n) is 40.2. The first kappa shape index (κ1) is 52.7. The van der Waals surface area contributed by atoms with E-state index in [1.807, 2.05) is 90.9 Å². The predicted octanol–water partition coefficient (Wildman–Crippen LogP) is 5.94. The maximum absolute atomic E-state index is 14.4. The average molecular weight is 878 g/mol. The smallest absolute Gasteiger partial charge is 0.338 e. The molecule has 0 saturated carbocycles. The van der Waals surface area contributed by atoms with Crippen molar-refractivity contribution in [3.05, 3.63) is 71.3 Å². The van der Waals surface area contributed by atoms with Gasteiger partial charge in [-0.15, -0.1) is 0 Å². The number of carbonyl (C=O) groups is 6. The molecule has 1 fully saturated rings. The number of hydrogen-bond acceptors (Lipinski definition) is 10. The summed E-state index contributed by atoms with van der Waals surface area (Å²) < 4.78 is 18.1. The minimum atomic E-state index is -0.843. The number of nitrogens with one attached hydrogen (secondary N) is 2. The molecule has 2 aromatic carbocycles. The molecule has 0 spiro atoms. The highest BCUT2D eigenvalue weighted by atomic mass is 16.5. The second kappa shape index (κ2) is 24.4. The normalized spacial score (nSPS) is 18.4. The summed E-state index contributed by atoms with van der Waals surface area (Å²) in [7, 11) is 8.51. The Kier molecular flexibility index (Phi) is 20.4. The van der Waals surface area contributed by atoms with Crippen LogP contribution in [0.25, 0.3) is 0 Å². The Hall–Kier alpha value is -4.66. The molecule has 1 heterocycles. The molecule has 0 radical (unpaired) electrons. The molecule has 350 valence electrons. The van der Waals surface area contributed by atoms with E-state index < -0.39 is 60.4 Å². The van der Waals surface area contributed by atoms with Crippen LogP contribution in [0.15, 0.2) is 54.6 Å². The molecule has 0 aliphatic carbocycles. The van der Waals surface area contributed by atoms with Gasteiger partial charge in [-0.2, -0.15) is 0 Å². The minimum Gasteiger partial charge on any atom is -0.452 e. The van der Waals surface area contributed by atoms with Crippen molar-refractivity contribution in [3.63, 3.8) is 0 Å². The van der Waals surface area contributed by atoms with Crippen LogP contribution in [-0.2, 0) is 33.4 Å². The maximum Gasteiger partial charge on any atom is 0.338 e. The number of likely N-dealkylation sites (tertiary alicyclic amines) is 1. The van der Waals surface area contributed by atoms with Gasteiger partial charge in [-0.25, -0.2) is 4.79 Å². The van der Waals surface area contributed by atoms with E-state index in [-0.39, 0.29) is 59.1 Å². The lowest BCUT2D eigenvalue weighted by Gasteiger charge is -2.41. The van der Waals surface area contributed by atoms with Crippen molar-refractivity contribution in [3.8, 4) is 0 Å². The third kappa shape index (κ3) is 13.7. The Morgan fingerprint density at radius 1 is 0.794 bits per heavy atom. The van der Waals surface area contributed by atoms with Crippen LogP contribution in [0.1, 0.15) is 120 Å². The molecular formula is C49H75N5O9. The predicted molar refractivity (Wildman–Crippen MR) is 244 cm³/mol. The molecule has 14 heteroatoms. The van der Waals surface area contributed by atoms with E-state index in [1.54, 1.807) is 62.1 Å². The summed E-state index contributed by atoms with van der Waals surface area (Å²) in [6.45, 7) is 17.3. The summed E-state index contributed by atoms with van der Waals surface area (Å²) in [5.74, 6) is -2.62. The van der Waals surface area contributed by atoms with E-state index in [1.165, 1.54) is 14.0 Å². The summed E-state index contributed by atoms with van der Waals surface area (Å²) in [5.41, 5.74) is 1.43. The van der Waals surface area contributed by atoms with Gasteiger partial charge in [-0.3, -0.25) is 28.9 Å². The van der Waals surface area contributed by atoms with Crippen molar-refractivity contribution in [1.82, 2.24) is 25.3 Å². The van der Waals surface area contributed by atoms with Crippen molar-refractivity contribution < 1.29 is 43.0 Å². The molecule has 1 saturated heterocycles. The Bertz CT molecular complexity index is 1810. The van der Waals surface area contributed by atoms with Gasteiger partial charge in [0, 0.05) is 33.4 Å². The standard InChI is InChI=1S/C49H75N5O9/c1-15-31(6)43(53(12)48(59)41(29(2)3)51-47(58)42(30(4)5)52(10)11)39(61-13)28-40(56)54-27-19-22-38(54)44(62-14)32(7)46(57)50-33(8)45(36-20-17-16-18-21-36)63-49(60)37-25-23-35(24-26-37)34(9)55/h16-18,20-21,23-26,29-33,38-39,41-45H,15,19,22,27-28H2,1-14H3,(H,50,57)(H,51,58)/t31-,32?,33+,38-,39+,41-,42-,43?,44+,45?/m0/s1. The number of esters is 1. The highest BCUT2D eigenvalue weighted by Gasteiger charge is 2.43. The van der Waals surface area contributed by atoms with Gasteiger partial charge in [0.25, 0.3) is 0 Å². The first-order chi connectivity index (χ1) is 29.7. The first-order valence-electron chi connectivity index (χ1n) is 22.5. The number of carbonyl (C=O) groups excluding carboxylic acids is 6. The molecule has 4 amide bonds. The summed E-state index contributed by atoms with van der Waals surface area (Å²) in [6.07, 6.45) is -0.131. The van der Waals surface area contributed by atoms with Crippen LogP contribution in [0, 0.1) is 23.7 Å².